The molecular weight excluding hydrogens is 290 g/mol. The normalized spacial score (nSPS) is 10.8. The Labute approximate surface area is 123 Å². The summed E-state index contributed by atoms with van der Waals surface area (Å²) >= 11 is 3.15. The summed E-state index contributed by atoms with van der Waals surface area (Å²) in [6.07, 6.45) is 1.84. The Morgan fingerprint density at radius 1 is 1.45 bits per heavy atom. The van der Waals surface area contributed by atoms with Gasteiger partial charge in [0, 0.05) is 27.2 Å². The lowest BCUT2D eigenvalue weighted by atomic mass is 10.2. The number of aromatic nitrogens is 2. The van der Waals surface area contributed by atoms with Gasteiger partial charge >= 0.3 is 0 Å². The predicted molar refractivity (Wildman–Crippen MR) is 82.2 cm³/mol. The van der Waals surface area contributed by atoms with Gasteiger partial charge in [0.05, 0.1) is 24.2 Å². The first kappa shape index (κ1) is 13.0. The minimum atomic E-state index is -0.0625. The van der Waals surface area contributed by atoms with E-state index in [9.17, 15) is 4.79 Å². The second kappa shape index (κ2) is 5.19. The highest BCUT2D eigenvalue weighted by molar-refractivity contribution is 7.19. The molecule has 3 heterocycles. The third-order valence-electron chi connectivity index (χ3n) is 3.03. The van der Waals surface area contributed by atoms with Crippen LogP contribution in [0.2, 0.25) is 0 Å². The number of nitrogens with zero attached hydrogens (tertiary/aromatic N) is 3. The van der Waals surface area contributed by atoms with Crippen molar-refractivity contribution in [2.75, 3.05) is 0 Å². The zero-order valence-corrected chi connectivity index (χ0v) is 12.4. The Kier molecular flexibility index (Phi) is 3.38. The van der Waals surface area contributed by atoms with E-state index < -0.39 is 0 Å². The number of hydrogen-bond donors (Lipinski definition) is 0. The molecule has 0 aliphatic heterocycles. The number of nitriles is 1. The van der Waals surface area contributed by atoms with Crippen molar-refractivity contribution in [3.63, 3.8) is 0 Å². The molecule has 3 aromatic heterocycles. The van der Waals surface area contributed by atoms with E-state index in [0.717, 1.165) is 15.3 Å². The predicted octanol–water partition coefficient (Wildman–Crippen LogP) is 3.41. The highest BCUT2D eigenvalue weighted by atomic mass is 32.1. The molecule has 0 aliphatic rings. The molecule has 0 atom stereocenters. The van der Waals surface area contributed by atoms with Crippen molar-refractivity contribution in [3.05, 3.63) is 39.1 Å². The summed E-state index contributed by atoms with van der Waals surface area (Å²) in [5, 5.41) is 11.3. The van der Waals surface area contributed by atoms with Gasteiger partial charge in [0.1, 0.15) is 4.83 Å². The highest BCUT2D eigenvalue weighted by Gasteiger charge is 2.14. The molecule has 0 aliphatic carbocycles. The van der Waals surface area contributed by atoms with Crippen LogP contribution in [0.25, 0.3) is 20.7 Å². The van der Waals surface area contributed by atoms with Crippen molar-refractivity contribution in [1.82, 2.24) is 9.55 Å². The molecule has 20 heavy (non-hydrogen) atoms. The molecule has 0 fully saturated rings. The van der Waals surface area contributed by atoms with Gasteiger partial charge in [-0.05, 0) is 19.1 Å². The maximum Gasteiger partial charge on any atom is 0.262 e. The van der Waals surface area contributed by atoms with Gasteiger partial charge in [-0.3, -0.25) is 9.36 Å². The fourth-order valence-electron chi connectivity index (χ4n) is 2.06. The molecular formula is C14H11N3OS2. The lowest BCUT2D eigenvalue weighted by Gasteiger charge is -2.02. The van der Waals surface area contributed by atoms with Crippen molar-refractivity contribution in [2.45, 2.75) is 19.9 Å². The second-order valence-corrected chi connectivity index (χ2v) is 6.54. The van der Waals surface area contributed by atoms with Gasteiger partial charge in [0.2, 0.25) is 0 Å². The van der Waals surface area contributed by atoms with Gasteiger partial charge in [-0.25, -0.2) is 4.98 Å². The lowest BCUT2D eigenvalue weighted by molar-refractivity contribution is 0.679. The third-order valence-corrected chi connectivity index (χ3v) is 4.95. The molecule has 0 amide bonds. The summed E-state index contributed by atoms with van der Waals surface area (Å²) < 4.78 is 1.52. The van der Waals surface area contributed by atoms with E-state index in [4.69, 9.17) is 5.26 Å². The van der Waals surface area contributed by atoms with E-state index in [-0.39, 0.29) is 5.56 Å². The van der Waals surface area contributed by atoms with Crippen LogP contribution >= 0.6 is 22.7 Å². The molecule has 0 aromatic carbocycles. The van der Waals surface area contributed by atoms with Crippen molar-refractivity contribution < 1.29 is 0 Å². The van der Waals surface area contributed by atoms with E-state index in [2.05, 4.69) is 11.1 Å². The Hall–Kier alpha value is -1.97. The van der Waals surface area contributed by atoms with Gasteiger partial charge in [-0.2, -0.15) is 5.26 Å². The molecule has 100 valence electrons. The minimum Gasteiger partial charge on any atom is -0.298 e. The number of thiophene rings is 2. The smallest absolute Gasteiger partial charge is 0.262 e. The summed E-state index contributed by atoms with van der Waals surface area (Å²) in [5.74, 6) is 0. The summed E-state index contributed by atoms with van der Waals surface area (Å²) in [7, 11) is 0. The van der Waals surface area contributed by atoms with Crippen LogP contribution in [-0.2, 0) is 6.54 Å². The summed E-state index contributed by atoms with van der Waals surface area (Å²) in [4.78, 5) is 19.9. The average molecular weight is 301 g/mol. The van der Waals surface area contributed by atoms with E-state index in [1.54, 1.807) is 11.3 Å². The minimum absolute atomic E-state index is 0.0625. The zero-order chi connectivity index (χ0) is 14.1. The molecule has 6 heteroatoms. The SMILES string of the molecule is Cc1ccc(-c2csc3ncn(CCC#N)c(=O)c23)s1. The van der Waals surface area contributed by atoms with Gasteiger partial charge < -0.3 is 0 Å². The van der Waals surface area contributed by atoms with Crippen LogP contribution in [0.4, 0.5) is 0 Å². The second-order valence-electron chi connectivity index (χ2n) is 4.39. The van der Waals surface area contributed by atoms with Gasteiger partial charge in [-0.15, -0.1) is 22.7 Å². The van der Waals surface area contributed by atoms with Crippen LogP contribution in [0, 0.1) is 18.3 Å². The monoisotopic (exact) mass is 301 g/mol. The first-order chi connectivity index (χ1) is 9.70. The van der Waals surface area contributed by atoms with Crippen LogP contribution in [0.15, 0.2) is 28.6 Å². The van der Waals surface area contributed by atoms with E-state index in [1.807, 2.05) is 24.4 Å². The van der Waals surface area contributed by atoms with Crippen LogP contribution in [-0.4, -0.2) is 9.55 Å². The fraction of sp³-hybridized carbons (Fsp3) is 0.214. The van der Waals surface area contributed by atoms with E-state index >= 15 is 0 Å². The van der Waals surface area contributed by atoms with Gasteiger partial charge in [0.15, 0.2) is 0 Å². The molecule has 0 N–H and O–H groups in total. The Balaban J connectivity index is 2.20. The van der Waals surface area contributed by atoms with Crippen molar-refractivity contribution in [1.29, 1.82) is 5.26 Å². The largest absolute Gasteiger partial charge is 0.298 e. The topological polar surface area (TPSA) is 58.7 Å². The quantitative estimate of drug-likeness (QED) is 0.745. The molecule has 0 saturated carbocycles. The number of aryl methyl sites for hydroxylation is 2. The summed E-state index contributed by atoms with van der Waals surface area (Å²) in [6.45, 7) is 2.43. The van der Waals surface area contributed by atoms with E-state index in [1.165, 1.54) is 27.1 Å². The van der Waals surface area contributed by atoms with Crippen molar-refractivity contribution >= 4 is 32.9 Å². The first-order valence-electron chi connectivity index (χ1n) is 6.11. The molecule has 0 radical (unpaired) electrons. The Morgan fingerprint density at radius 2 is 2.30 bits per heavy atom. The van der Waals surface area contributed by atoms with Crippen LogP contribution in [0.3, 0.4) is 0 Å². The summed E-state index contributed by atoms with van der Waals surface area (Å²) in [6, 6.07) is 6.14. The van der Waals surface area contributed by atoms with Crippen LogP contribution in [0.1, 0.15) is 11.3 Å². The molecule has 3 rings (SSSR count). The third kappa shape index (κ3) is 2.15. The van der Waals surface area contributed by atoms with Crippen molar-refractivity contribution in [2.24, 2.45) is 0 Å². The fourth-order valence-corrected chi connectivity index (χ4v) is 3.92. The van der Waals surface area contributed by atoms with Crippen LogP contribution in [0.5, 0.6) is 0 Å². The molecule has 4 nitrogen and oxygen atoms in total. The maximum absolute atomic E-state index is 12.5. The van der Waals surface area contributed by atoms with Crippen molar-refractivity contribution in [3.8, 4) is 16.5 Å². The number of fused-ring (bicyclic) bond motifs is 1. The zero-order valence-electron chi connectivity index (χ0n) is 10.8. The molecule has 0 spiro atoms. The van der Waals surface area contributed by atoms with Gasteiger partial charge in [0.25, 0.3) is 5.56 Å². The van der Waals surface area contributed by atoms with Gasteiger partial charge in [-0.1, -0.05) is 0 Å². The lowest BCUT2D eigenvalue weighted by Crippen LogP contribution is -2.20. The number of rotatable bonds is 3. The molecule has 0 unspecified atom stereocenters. The average Bonchev–Trinajstić information content (AvgIpc) is 3.04. The molecule has 3 aromatic rings. The molecule has 0 bridgehead atoms. The molecule has 0 saturated heterocycles. The Bertz CT molecular complexity index is 867. The van der Waals surface area contributed by atoms with Crippen LogP contribution < -0.4 is 5.56 Å². The number of hydrogen-bond acceptors (Lipinski definition) is 5. The van der Waals surface area contributed by atoms with E-state index in [0.29, 0.717) is 18.4 Å². The maximum atomic E-state index is 12.5. The standard InChI is InChI=1S/C14H11N3OS2/c1-9-3-4-11(20-9)10-7-19-13-12(10)14(18)17(8-16-13)6-2-5-15/h3-4,7-8H,2,6H2,1H3. The highest BCUT2D eigenvalue weighted by Crippen LogP contribution is 2.34. The Morgan fingerprint density at radius 3 is 3.00 bits per heavy atom. The summed E-state index contributed by atoms with van der Waals surface area (Å²) in [5.41, 5.74) is 0.888. The first-order valence-corrected chi connectivity index (χ1v) is 7.80.